The molecule has 3 nitrogen and oxygen atoms in total. The molecule has 1 atom stereocenters. The third-order valence-corrected chi connectivity index (χ3v) is 2.55. The summed E-state index contributed by atoms with van der Waals surface area (Å²) in [5.41, 5.74) is 2.83. The Bertz CT molecular complexity index is 395. The molecule has 72 valence electrons. The van der Waals surface area contributed by atoms with Gasteiger partial charge in [-0.15, -0.1) is 5.10 Å². The zero-order valence-electron chi connectivity index (χ0n) is 7.71. The standard InChI is InChI=1S/C10H10N2OS/c1-7(13)8-2-4-9(5-3-8)10-6-14-12-11-10/h2-7,13H,1H3. The molecule has 0 aliphatic heterocycles. The average molecular weight is 206 g/mol. The van der Waals surface area contributed by atoms with Crippen LogP contribution >= 0.6 is 11.5 Å². The topological polar surface area (TPSA) is 46.0 Å². The first-order valence-electron chi connectivity index (χ1n) is 4.33. The first-order chi connectivity index (χ1) is 6.77. The van der Waals surface area contributed by atoms with Crippen LogP contribution in [0.1, 0.15) is 18.6 Å². The van der Waals surface area contributed by atoms with Crippen LogP contribution in [0.4, 0.5) is 0 Å². The van der Waals surface area contributed by atoms with E-state index in [0.29, 0.717) is 0 Å². The van der Waals surface area contributed by atoms with E-state index in [4.69, 9.17) is 0 Å². The predicted molar refractivity (Wildman–Crippen MR) is 56.0 cm³/mol. The summed E-state index contributed by atoms with van der Waals surface area (Å²) in [6.07, 6.45) is -0.419. The molecule has 1 aromatic heterocycles. The molecule has 2 rings (SSSR count). The lowest BCUT2D eigenvalue weighted by Crippen LogP contribution is -1.90. The second kappa shape index (κ2) is 3.86. The van der Waals surface area contributed by atoms with Gasteiger partial charge in [-0.1, -0.05) is 28.8 Å². The van der Waals surface area contributed by atoms with Crippen LogP contribution in [0.15, 0.2) is 29.6 Å². The molecular formula is C10H10N2OS. The lowest BCUT2D eigenvalue weighted by Gasteiger charge is -2.04. The van der Waals surface area contributed by atoms with Crippen molar-refractivity contribution >= 4 is 11.5 Å². The molecule has 1 heterocycles. The van der Waals surface area contributed by atoms with Gasteiger partial charge >= 0.3 is 0 Å². The van der Waals surface area contributed by atoms with E-state index in [-0.39, 0.29) is 0 Å². The van der Waals surface area contributed by atoms with Gasteiger partial charge in [-0.05, 0) is 24.0 Å². The maximum atomic E-state index is 9.32. The molecule has 1 unspecified atom stereocenters. The molecule has 0 radical (unpaired) electrons. The van der Waals surface area contributed by atoms with Gasteiger partial charge in [-0.3, -0.25) is 0 Å². The molecule has 2 aromatic rings. The minimum atomic E-state index is -0.419. The quantitative estimate of drug-likeness (QED) is 0.819. The molecule has 1 aromatic carbocycles. The summed E-state index contributed by atoms with van der Waals surface area (Å²) in [5.74, 6) is 0. The maximum absolute atomic E-state index is 9.32. The zero-order chi connectivity index (χ0) is 9.97. The van der Waals surface area contributed by atoms with Crippen LogP contribution in [-0.4, -0.2) is 14.7 Å². The highest BCUT2D eigenvalue weighted by Gasteiger charge is 2.03. The fraction of sp³-hybridized carbons (Fsp3) is 0.200. The number of hydrogen-bond acceptors (Lipinski definition) is 4. The zero-order valence-corrected chi connectivity index (χ0v) is 8.53. The van der Waals surface area contributed by atoms with Crippen LogP contribution in [0.3, 0.4) is 0 Å². The van der Waals surface area contributed by atoms with Gasteiger partial charge in [0.25, 0.3) is 0 Å². The highest BCUT2D eigenvalue weighted by molar-refractivity contribution is 7.03. The van der Waals surface area contributed by atoms with E-state index in [2.05, 4.69) is 9.59 Å². The third-order valence-electron chi connectivity index (χ3n) is 2.05. The predicted octanol–water partition coefficient (Wildman–Crippen LogP) is 2.26. The Hall–Kier alpha value is -1.26. The molecule has 0 bridgehead atoms. The number of benzene rings is 1. The second-order valence-electron chi connectivity index (χ2n) is 3.09. The lowest BCUT2D eigenvalue weighted by atomic mass is 10.1. The first kappa shape index (κ1) is 9.30. The highest BCUT2D eigenvalue weighted by atomic mass is 32.1. The Morgan fingerprint density at radius 2 is 2.00 bits per heavy atom. The molecular weight excluding hydrogens is 196 g/mol. The van der Waals surface area contributed by atoms with Crippen LogP contribution in [0.2, 0.25) is 0 Å². The van der Waals surface area contributed by atoms with E-state index in [1.807, 2.05) is 29.6 Å². The Morgan fingerprint density at radius 3 is 2.50 bits per heavy atom. The third kappa shape index (κ3) is 1.81. The fourth-order valence-electron chi connectivity index (χ4n) is 1.22. The van der Waals surface area contributed by atoms with Crippen molar-refractivity contribution in [1.82, 2.24) is 9.59 Å². The largest absolute Gasteiger partial charge is 0.389 e. The summed E-state index contributed by atoms with van der Waals surface area (Å²) in [6.45, 7) is 1.75. The minimum absolute atomic E-state index is 0.419. The number of hydrogen-bond donors (Lipinski definition) is 1. The summed E-state index contributed by atoms with van der Waals surface area (Å²) < 4.78 is 3.80. The summed E-state index contributed by atoms with van der Waals surface area (Å²) in [4.78, 5) is 0. The summed E-state index contributed by atoms with van der Waals surface area (Å²) >= 11 is 1.33. The van der Waals surface area contributed by atoms with Gasteiger partial charge in [-0.25, -0.2) is 0 Å². The molecule has 0 aliphatic rings. The fourth-order valence-corrected chi connectivity index (χ4v) is 1.69. The summed E-state index contributed by atoms with van der Waals surface area (Å²) in [7, 11) is 0. The smallest absolute Gasteiger partial charge is 0.105 e. The van der Waals surface area contributed by atoms with Gasteiger partial charge < -0.3 is 5.11 Å². The van der Waals surface area contributed by atoms with Crippen LogP contribution in [0.25, 0.3) is 11.3 Å². The molecule has 0 spiro atoms. The molecule has 0 saturated carbocycles. The van der Waals surface area contributed by atoms with Crippen LogP contribution in [-0.2, 0) is 0 Å². The van der Waals surface area contributed by atoms with Crippen molar-refractivity contribution in [3.63, 3.8) is 0 Å². The van der Waals surface area contributed by atoms with Gasteiger partial charge in [0.2, 0.25) is 0 Å². The Kier molecular flexibility index (Phi) is 2.56. The molecule has 0 fully saturated rings. The second-order valence-corrected chi connectivity index (χ2v) is 3.70. The molecule has 1 N–H and O–H groups in total. The molecule has 0 aliphatic carbocycles. The number of aliphatic hydroxyl groups is 1. The monoisotopic (exact) mass is 206 g/mol. The van der Waals surface area contributed by atoms with E-state index in [0.717, 1.165) is 16.8 Å². The lowest BCUT2D eigenvalue weighted by molar-refractivity contribution is 0.199. The van der Waals surface area contributed by atoms with Crippen molar-refractivity contribution in [1.29, 1.82) is 0 Å². The van der Waals surface area contributed by atoms with Gasteiger partial charge in [0, 0.05) is 10.9 Å². The number of aromatic nitrogens is 2. The van der Waals surface area contributed by atoms with Crippen molar-refractivity contribution < 1.29 is 5.11 Å². The molecule has 0 saturated heterocycles. The van der Waals surface area contributed by atoms with Crippen molar-refractivity contribution in [2.24, 2.45) is 0 Å². The van der Waals surface area contributed by atoms with E-state index in [9.17, 15) is 5.11 Å². The van der Waals surface area contributed by atoms with Crippen molar-refractivity contribution in [2.45, 2.75) is 13.0 Å². The SMILES string of the molecule is CC(O)c1ccc(-c2csnn2)cc1. The summed E-state index contributed by atoms with van der Waals surface area (Å²) in [5, 5.41) is 15.2. The van der Waals surface area contributed by atoms with E-state index < -0.39 is 6.10 Å². The van der Waals surface area contributed by atoms with Crippen molar-refractivity contribution in [3.8, 4) is 11.3 Å². The van der Waals surface area contributed by atoms with Crippen LogP contribution < -0.4 is 0 Å². The Balaban J connectivity index is 2.31. The van der Waals surface area contributed by atoms with Crippen molar-refractivity contribution in [2.75, 3.05) is 0 Å². The van der Waals surface area contributed by atoms with E-state index in [1.54, 1.807) is 6.92 Å². The minimum Gasteiger partial charge on any atom is -0.389 e. The highest BCUT2D eigenvalue weighted by Crippen LogP contribution is 2.20. The molecule has 4 heteroatoms. The molecule has 0 amide bonds. The van der Waals surface area contributed by atoms with Crippen molar-refractivity contribution in [3.05, 3.63) is 35.2 Å². The van der Waals surface area contributed by atoms with Gasteiger partial charge in [0.1, 0.15) is 5.69 Å². The normalized spacial score (nSPS) is 12.7. The number of nitrogens with zero attached hydrogens (tertiary/aromatic N) is 2. The average Bonchev–Trinajstić information content (AvgIpc) is 2.71. The first-order valence-corrected chi connectivity index (χ1v) is 5.16. The van der Waals surface area contributed by atoms with Gasteiger partial charge in [-0.2, -0.15) is 0 Å². The van der Waals surface area contributed by atoms with Gasteiger partial charge in [0.15, 0.2) is 0 Å². The Morgan fingerprint density at radius 1 is 1.29 bits per heavy atom. The number of rotatable bonds is 2. The Labute approximate surface area is 86.2 Å². The number of aliphatic hydroxyl groups excluding tert-OH is 1. The van der Waals surface area contributed by atoms with E-state index in [1.165, 1.54) is 11.5 Å². The molecule has 14 heavy (non-hydrogen) atoms. The van der Waals surface area contributed by atoms with Gasteiger partial charge in [0.05, 0.1) is 6.10 Å². The van der Waals surface area contributed by atoms with Crippen LogP contribution in [0, 0.1) is 0 Å². The van der Waals surface area contributed by atoms with E-state index >= 15 is 0 Å². The van der Waals surface area contributed by atoms with Crippen LogP contribution in [0.5, 0.6) is 0 Å². The maximum Gasteiger partial charge on any atom is 0.105 e. The summed E-state index contributed by atoms with van der Waals surface area (Å²) in [6, 6.07) is 7.69.